The van der Waals surface area contributed by atoms with Crippen molar-refractivity contribution in [2.75, 3.05) is 26.3 Å². The molecule has 3 nitrogen and oxygen atoms in total. The van der Waals surface area contributed by atoms with Crippen molar-refractivity contribution in [1.82, 2.24) is 9.80 Å². The summed E-state index contributed by atoms with van der Waals surface area (Å²) in [6.45, 7) is 16.7. The lowest BCUT2D eigenvalue weighted by Gasteiger charge is -2.41. The molecule has 110 valence electrons. The van der Waals surface area contributed by atoms with Gasteiger partial charge in [0.2, 0.25) is 0 Å². The van der Waals surface area contributed by atoms with Gasteiger partial charge in [0.25, 0.3) is 0 Å². The van der Waals surface area contributed by atoms with E-state index in [1.165, 1.54) is 11.4 Å². The van der Waals surface area contributed by atoms with Gasteiger partial charge in [-0.2, -0.15) is 0 Å². The van der Waals surface area contributed by atoms with E-state index in [1.807, 2.05) is 6.20 Å². The highest BCUT2D eigenvalue weighted by Crippen LogP contribution is 2.25. The van der Waals surface area contributed by atoms with Crippen molar-refractivity contribution in [1.29, 1.82) is 0 Å². The van der Waals surface area contributed by atoms with E-state index in [4.69, 9.17) is 4.74 Å². The quantitative estimate of drug-likeness (QED) is 0.700. The number of ether oxygens (including phenoxy) is 1. The summed E-state index contributed by atoms with van der Waals surface area (Å²) in [5.74, 6) is 1.36. The van der Waals surface area contributed by atoms with Crippen molar-refractivity contribution in [3.63, 3.8) is 0 Å². The number of allylic oxidation sites excluding steroid dienone is 1. The van der Waals surface area contributed by atoms with E-state index in [0.717, 1.165) is 45.6 Å². The van der Waals surface area contributed by atoms with Crippen molar-refractivity contribution in [3.05, 3.63) is 24.2 Å². The van der Waals surface area contributed by atoms with Crippen LogP contribution in [0.2, 0.25) is 0 Å². The van der Waals surface area contributed by atoms with Crippen molar-refractivity contribution < 1.29 is 4.74 Å². The second-order valence-corrected chi connectivity index (χ2v) is 5.06. The van der Waals surface area contributed by atoms with E-state index >= 15 is 0 Å². The standard InChI is InChI=1S/C16H30N2O/c1-6-14(5)16(17(7-2)8-3)18(9-4)15-10-12-19-13-11-15/h7,15H,2,6,8-13H2,1,3-5H3/b16-14+. The van der Waals surface area contributed by atoms with Gasteiger partial charge in [-0.3, -0.25) is 0 Å². The summed E-state index contributed by atoms with van der Waals surface area (Å²) in [5, 5.41) is 0. The third-order valence-electron chi connectivity index (χ3n) is 3.99. The third-order valence-corrected chi connectivity index (χ3v) is 3.99. The van der Waals surface area contributed by atoms with Gasteiger partial charge < -0.3 is 14.5 Å². The van der Waals surface area contributed by atoms with Gasteiger partial charge in [-0.25, -0.2) is 0 Å². The van der Waals surface area contributed by atoms with Crippen LogP contribution in [0.25, 0.3) is 0 Å². The Morgan fingerprint density at radius 2 is 1.84 bits per heavy atom. The number of nitrogens with zero attached hydrogens (tertiary/aromatic N) is 2. The maximum atomic E-state index is 5.50. The fourth-order valence-electron chi connectivity index (χ4n) is 2.76. The molecule has 0 aromatic rings. The molecule has 0 atom stereocenters. The first kappa shape index (κ1) is 16.1. The van der Waals surface area contributed by atoms with Crippen molar-refractivity contribution >= 4 is 0 Å². The van der Waals surface area contributed by atoms with Crippen LogP contribution in [-0.2, 0) is 4.74 Å². The van der Waals surface area contributed by atoms with Crippen LogP contribution in [0.5, 0.6) is 0 Å². The van der Waals surface area contributed by atoms with Crippen LogP contribution in [0.1, 0.15) is 47.0 Å². The Balaban J connectivity index is 3.02. The monoisotopic (exact) mass is 266 g/mol. The van der Waals surface area contributed by atoms with Crippen molar-refractivity contribution in [2.24, 2.45) is 0 Å². The molecule has 0 radical (unpaired) electrons. The third kappa shape index (κ3) is 4.00. The molecule has 0 unspecified atom stereocenters. The highest BCUT2D eigenvalue weighted by atomic mass is 16.5. The maximum Gasteiger partial charge on any atom is 0.107 e. The lowest BCUT2D eigenvalue weighted by Crippen LogP contribution is -2.43. The molecule has 0 aromatic carbocycles. The van der Waals surface area contributed by atoms with Crippen LogP contribution >= 0.6 is 0 Å². The van der Waals surface area contributed by atoms with E-state index in [-0.39, 0.29) is 0 Å². The van der Waals surface area contributed by atoms with Crippen LogP contribution in [0, 0.1) is 0 Å². The molecule has 1 fully saturated rings. The predicted octanol–water partition coefficient (Wildman–Crippen LogP) is 3.59. The molecule has 0 amide bonds. The fraction of sp³-hybridized carbons (Fsp3) is 0.750. The summed E-state index contributed by atoms with van der Waals surface area (Å²) in [7, 11) is 0. The largest absolute Gasteiger partial charge is 0.381 e. The zero-order valence-electron chi connectivity index (χ0n) is 13.1. The molecule has 1 aliphatic rings. The summed E-state index contributed by atoms with van der Waals surface area (Å²) >= 11 is 0. The van der Waals surface area contributed by atoms with E-state index in [9.17, 15) is 0 Å². The smallest absolute Gasteiger partial charge is 0.107 e. The lowest BCUT2D eigenvalue weighted by molar-refractivity contribution is 0.0386. The van der Waals surface area contributed by atoms with Crippen LogP contribution in [0.15, 0.2) is 24.2 Å². The Morgan fingerprint density at radius 3 is 2.26 bits per heavy atom. The highest BCUT2D eigenvalue weighted by Gasteiger charge is 2.25. The molecular weight excluding hydrogens is 236 g/mol. The van der Waals surface area contributed by atoms with Crippen LogP contribution < -0.4 is 0 Å². The Morgan fingerprint density at radius 1 is 1.21 bits per heavy atom. The van der Waals surface area contributed by atoms with E-state index in [2.05, 4.69) is 44.1 Å². The maximum absolute atomic E-state index is 5.50. The molecule has 1 heterocycles. The van der Waals surface area contributed by atoms with Crippen molar-refractivity contribution in [3.8, 4) is 0 Å². The lowest BCUT2D eigenvalue weighted by atomic mass is 10.1. The van der Waals surface area contributed by atoms with Crippen LogP contribution in [-0.4, -0.2) is 42.1 Å². The minimum absolute atomic E-state index is 0.601. The molecule has 0 aromatic heterocycles. The summed E-state index contributed by atoms with van der Waals surface area (Å²) in [5.41, 5.74) is 1.44. The first-order chi connectivity index (χ1) is 9.19. The molecule has 0 N–H and O–H groups in total. The molecule has 0 aliphatic carbocycles. The van der Waals surface area contributed by atoms with Gasteiger partial charge in [-0.05, 0) is 51.8 Å². The Bertz CT molecular complexity index is 306. The molecule has 0 bridgehead atoms. The van der Waals surface area contributed by atoms with E-state index in [1.54, 1.807) is 0 Å². The highest BCUT2D eigenvalue weighted by molar-refractivity contribution is 5.13. The second kappa shape index (κ2) is 8.26. The van der Waals surface area contributed by atoms with Gasteiger partial charge >= 0.3 is 0 Å². The van der Waals surface area contributed by atoms with Gasteiger partial charge in [0.05, 0.1) is 0 Å². The summed E-state index contributed by atoms with van der Waals surface area (Å²) < 4.78 is 5.50. The zero-order valence-corrected chi connectivity index (χ0v) is 13.1. The van der Waals surface area contributed by atoms with E-state index < -0.39 is 0 Å². The molecule has 1 saturated heterocycles. The molecule has 1 aliphatic heterocycles. The van der Waals surface area contributed by atoms with E-state index in [0.29, 0.717) is 6.04 Å². The average Bonchev–Trinajstić information content (AvgIpc) is 2.47. The van der Waals surface area contributed by atoms with Gasteiger partial charge in [-0.1, -0.05) is 13.5 Å². The normalized spacial score (nSPS) is 17.9. The molecule has 19 heavy (non-hydrogen) atoms. The number of hydrogen-bond acceptors (Lipinski definition) is 3. The topological polar surface area (TPSA) is 15.7 Å². The van der Waals surface area contributed by atoms with Crippen molar-refractivity contribution in [2.45, 2.75) is 53.0 Å². The van der Waals surface area contributed by atoms with Gasteiger partial charge in [0, 0.05) is 32.3 Å². The summed E-state index contributed by atoms with van der Waals surface area (Å²) in [6.07, 6.45) is 5.29. The summed E-state index contributed by atoms with van der Waals surface area (Å²) in [4.78, 5) is 4.82. The van der Waals surface area contributed by atoms with Crippen LogP contribution in [0.3, 0.4) is 0 Å². The SMILES string of the molecule is C=CN(CC)/C(=C(/C)CC)N(CC)C1CCOCC1. The molecule has 0 spiro atoms. The van der Waals surface area contributed by atoms with Gasteiger partial charge in [0.1, 0.15) is 5.82 Å². The first-order valence-corrected chi connectivity index (χ1v) is 7.62. The Hall–Kier alpha value is -0.960. The van der Waals surface area contributed by atoms with Gasteiger partial charge in [0.15, 0.2) is 0 Å². The second-order valence-electron chi connectivity index (χ2n) is 5.06. The average molecular weight is 266 g/mol. The zero-order chi connectivity index (χ0) is 14.3. The molecule has 3 heteroatoms. The first-order valence-electron chi connectivity index (χ1n) is 7.62. The van der Waals surface area contributed by atoms with Gasteiger partial charge in [-0.15, -0.1) is 0 Å². The summed E-state index contributed by atoms with van der Waals surface area (Å²) in [6, 6.07) is 0.601. The number of hydrogen-bond donors (Lipinski definition) is 0. The minimum Gasteiger partial charge on any atom is -0.381 e. The molecular formula is C16H30N2O. The fourth-order valence-corrected chi connectivity index (χ4v) is 2.76. The minimum atomic E-state index is 0.601. The Kier molecular flexibility index (Phi) is 7.00. The number of rotatable bonds is 7. The Labute approximate surface area is 118 Å². The predicted molar refractivity (Wildman–Crippen MR) is 81.8 cm³/mol. The molecule has 1 rings (SSSR count). The molecule has 0 saturated carbocycles. The van der Waals surface area contributed by atoms with Crippen LogP contribution in [0.4, 0.5) is 0 Å².